The molecule has 1 aromatic rings. The molecule has 2 aliphatic rings. The van der Waals surface area contributed by atoms with E-state index in [0.717, 1.165) is 16.7 Å². The summed E-state index contributed by atoms with van der Waals surface area (Å²) < 4.78 is 33.7. The Bertz CT molecular complexity index is 830. The molecule has 0 bridgehead atoms. The van der Waals surface area contributed by atoms with Crippen LogP contribution in [0.5, 0.6) is 0 Å². The van der Waals surface area contributed by atoms with E-state index in [4.69, 9.17) is 4.74 Å². The number of nitrogens with zero attached hydrogens (tertiary/aromatic N) is 3. The van der Waals surface area contributed by atoms with Crippen LogP contribution in [0.15, 0.2) is 17.0 Å². The number of carbonyl (C=O) groups is 1. The smallest absolute Gasteiger partial charge is 0.243 e. The van der Waals surface area contributed by atoms with Crippen LogP contribution in [0, 0.1) is 20.8 Å². The monoisotopic (exact) mass is 423 g/mol. The van der Waals surface area contributed by atoms with Gasteiger partial charge in [0.25, 0.3) is 0 Å². The van der Waals surface area contributed by atoms with Gasteiger partial charge in [0.2, 0.25) is 15.9 Å². The van der Waals surface area contributed by atoms with Crippen molar-refractivity contribution in [2.75, 3.05) is 45.8 Å². The number of ether oxygens (including phenoxy) is 1. The number of morpholine rings is 1. The Kier molecular flexibility index (Phi) is 6.67. The van der Waals surface area contributed by atoms with Gasteiger partial charge >= 0.3 is 0 Å². The molecule has 0 radical (unpaired) electrons. The highest BCUT2D eigenvalue weighted by molar-refractivity contribution is 7.89. The highest BCUT2D eigenvalue weighted by Crippen LogP contribution is 2.26. The summed E-state index contributed by atoms with van der Waals surface area (Å²) in [5.41, 5.74) is 2.64. The van der Waals surface area contributed by atoms with Crippen molar-refractivity contribution in [3.8, 4) is 0 Å². The molecule has 2 heterocycles. The van der Waals surface area contributed by atoms with Crippen LogP contribution < -0.4 is 0 Å². The molecule has 7 nitrogen and oxygen atoms in total. The Morgan fingerprint density at radius 3 is 2.03 bits per heavy atom. The highest BCUT2D eigenvalue weighted by Gasteiger charge is 2.32. The van der Waals surface area contributed by atoms with E-state index in [-0.39, 0.29) is 18.1 Å². The maximum absolute atomic E-state index is 13.2. The van der Waals surface area contributed by atoms with Crippen molar-refractivity contribution >= 4 is 15.9 Å². The zero-order chi connectivity index (χ0) is 21.3. The van der Waals surface area contributed by atoms with E-state index in [1.54, 1.807) is 4.31 Å². The lowest BCUT2D eigenvalue weighted by Gasteiger charge is -2.38. The van der Waals surface area contributed by atoms with Crippen molar-refractivity contribution in [1.82, 2.24) is 14.1 Å². The van der Waals surface area contributed by atoms with E-state index in [1.165, 1.54) is 0 Å². The highest BCUT2D eigenvalue weighted by atomic mass is 32.2. The Morgan fingerprint density at radius 1 is 1.00 bits per heavy atom. The van der Waals surface area contributed by atoms with Gasteiger partial charge in [0.1, 0.15) is 0 Å². The van der Waals surface area contributed by atoms with Crippen LogP contribution in [0.3, 0.4) is 0 Å². The van der Waals surface area contributed by atoms with Gasteiger partial charge in [-0.05, 0) is 45.7 Å². The van der Waals surface area contributed by atoms with Gasteiger partial charge in [0.05, 0.1) is 23.6 Å². The molecule has 162 valence electrons. The Labute approximate surface area is 174 Å². The third-order valence-corrected chi connectivity index (χ3v) is 7.87. The van der Waals surface area contributed by atoms with Crippen LogP contribution in [-0.4, -0.2) is 86.5 Å². The maximum atomic E-state index is 13.2. The number of amides is 1. The summed E-state index contributed by atoms with van der Waals surface area (Å²) in [6.45, 7) is 13.1. The predicted octanol–water partition coefficient (Wildman–Crippen LogP) is 1.55. The lowest BCUT2D eigenvalue weighted by Crippen LogP contribution is -2.54. The second kappa shape index (κ2) is 8.71. The number of hydrogen-bond donors (Lipinski definition) is 0. The molecule has 2 fully saturated rings. The molecule has 8 heteroatoms. The molecule has 1 aromatic carbocycles. The molecule has 2 aliphatic heterocycles. The van der Waals surface area contributed by atoms with Gasteiger partial charge in [0.15, 0.2) is 0 Å². The van der Waals surface area contributed by atoms with Crippen molar-refractivity contribution in [1.29, 1.82) is 0 Å². The lowest BCUT2D eigenvalue weighted by atomic mass is 10.1. The fraction of sp³-hybridized carbons (Fsp3) is 0.667. The van der Waals surface area contributed by atoms with E-state index in [0.29, 0.717) is 50.7 Å². The first-order valence-corrected chi connectivity index (χ1v) is 11.8. The fourth-order valence-electron chi connectivity index (χ4n) is 4.50. The number of hydrogen-bond acceptors (Lipinski definition) is 5. The molecule has 0 N–H and O–H groups in total. The average Bonchev–Trinajstić information content (AvgIpc) is 2.60. The van der Waals surface area contributed by atoms with Gasteiger partial charge in [-0.3, -0.25) is 9.69 Å². The van der Waals surface area contributed by atoms with Gasteiger partial charge in [-0.2, -0.15) is 4.31 Å². The minimum Gasteiger partial charge on any atom is -0.372 e. The summed E-state index contributed by atoms with van der Waals surface area (Å²) in [7, 11) is -3.53. The van der Waals surface area contributed by atoms with Gasteiger partial charge in [-0.25, -0.2) is 8.42 Å². The van der Waals surface area contributed by atoms with E-state index in [9.17, 15) is 13.2 Å². The molecule has 29 heavy (non-hydrogen) atoms. The SMILES string of the molecule is Cc1cc(C)c(S(=O)(=O)N2CCN(CC(=O)N3C[C@@H](C)O[C@@H](C)C3)CC2)c(C)c1. The first kappa shape index (κ1) is 22.2. The second-order valence-electron chi connectivity index (χ2n) is 8.46. The van der Waals surface area contributed by atoms with Gasteiger partial charge in [0, 0.05) is 39.3 Å². The lowest BCUT2D eigenvalue weighted by molar-refractivity contribution is -0.144. The number of sulfonamides is 1. The van der Waals surface area contributed by atoms with E-state index >= 15 is 0 Å². The van der Waals surface area contributed by atoms with E-state index < -0.39 is 10.0 Å². The summed E-state index contributed by atoms with van der Waals surface area (Å²) in [5.74, 6) is 0.0912. The average molecular weight is 424 g/mol. The van der Waals surface area contributed by atoms with Crippen molar-refractivity contribution < 1.29 is 17.9 Å². The summed E-state index contributed by atoms with van der Waals surface area (Å²) >= 11 is 0. The van der Waals surface area contributed by atoms with Crippen molar-refractivity contribution in [2.45, 2.75) is 51.7 Å². The molecule has 0 saturated carbocycles. The molecule has 1 amide bonds. The van der Waals surface area contributed by atoms with Crippen LogP contribution in [0.4, 0.5) is 0 Å². The summed E-state index contributed by atoms with van der Waals surface area (Å²) in [6, 6.07) is 3.83. The van der Waals surface area contributed by atoms with Gasteiger partial charge in [-0.15, -0.1) is 0 Å². The fourth-order valence-corrected chi connectivity index (χ4v) is 6.34. The normalized spacial score (nSPS) is 24.7. The number of benzene rings is 1. The first-order chi connectivity index (χ1) is 13.6. The third kappa shape index (κ3) is 4.99. The van der Waals surface area contributed by atoms with Crippen molar-refractivity contribution in [3.63, 3.8) is 0 Å². The molecule has 2 atom stereocenters. The summed E-state index contributed by atoms with van der Waals surface area (Å²) in [4.78, 5) is 17.0. The number of piperazine rings is 1. The zero-order valence-electron chi connectivity index (χ0n) is 18.1. The Hall–Kier alpha value is -1.48. The molecular weight excluding hydrogens is 390 g/mol. The number of aryl methyl sites for hydroxylation is 3. The number of carbonyl (C=O) groups excluding carboxylic acids is 1. The minimum absolute atomic E-state index is 0.0469. The van der Waals surface area contributed by atoms with Crippen LogP contribution in [0.25, 0.3) is 0 Å². The predicted molar refractivity (Wildman–Crippen MR) is 112 cm³/mol. The second-order valence-corrected chi connectivity index (χ2v) is 10.3. The summed E-state index contributed by atoms with van der Waals surface area (Å²) in [6.07, 6.45) is 0.0938. The Balaban J connectivity index is 1.61. The minimum atomic E-state index is -3.53. The largest absolute Gasteiger partial charge is 0.372 e. The maximum Gasteiger partial charge on any atom is 0.243 e. The summed E-state index contributed by atoms with van der Waals surface area (Å²) in [5, 5.41) is 0. The first-order valence-electron chi connectivity index (χ1n) is 10.3. The van der Waals surface area contributed by atoms with Crippen molar-refractivity contribution in [2.24, 2.45) is 0 Å². The molecule has 2 saturated heterocycles. The Morgan fingerprint density at radius 2 is 1.52 bits per heavy atom. The molecule has 0 unspecified atom stereocenters. The molecule has 3 rings (SSSR count). The van der Waals surface area contributed by atoms with Crippen LogP contribution >= 0.6 is 0 Å². The zero-order valence-corrected chi connectivity index (χ0v) is 19.0. The van der Waals surface area contributed by atoms with E-state index in [1.807, 2.05) is 56.6 Å². The molecule has 0 aromatic heterocycles. The topological polar surface area (TPSA) is 70.2 Å². The molecular formula is C21H33N3O4S. The standard InChI is InChI=1S/C21H33N3O4S/c1-15-10-16(2)21(17(3)11-15)29(26,27)24-8-6-22(7-9-24)14-20(25)23-12-18(4)28-19(5)13-23/h10-11,18-19H,6-9,12-14H2,1-5H3/t18-,19+. The van der Waals surface area contributed by atoms with Crippen LogP contribution in [0.2, 0.25) is 0 Å². The molecule has 0 spiro atoms. The molecule has 0 aliphatic carbocycles. The number of rotatable bonds is 4. The van der Waals surface area contributed by atoms with Crippen LogP contribution in [-0.2, 0) is 19.6 Å². The quantitative estimate of drug-likeness (QED) is 0.735. The van der Waals surface area contributed by atoms with Gasteiger partial charge in [-0.1, -0.05) is 17.7 Å². The van der Waals surface area contributed by atoms with E-state index in [2.05, 4.69) is 0 Å². The van der Waals surface area contributed by atoms with Gasteiger partial charge < -0.3 is 9.64 Å². The van der Waals surface area contributed by atoms with Crippen LogP contribution in [0.1, 0.15) is 30.5 Å². The third-order valence-electron chi connectivity index (χ3n) is 5.66. The van der Waals surface area contributed by atoms with Crippen molar-refractivity contribution in [3.05, 3.63) is 28.8 Å².